The van der Waals surface area contributed by atoms with Crippen LogP contribution in [0, 0.1) is 20.8 Å². The first-order valence-corrected chi connectivity index (χ1v) is 12.4. The number of carbonyl (C=O) groups excluding carboxylic acids is 2. The van der Waals surface area contributed by atoms with Crippen LogP contribution < -0.4 is 5.32 Å². The molecular formula is C26H35ClN4O3. The number of carbonyl (C=O) groups is 2. The number of benzene rings is 1. The molecule has 7 nitrogen and oxygen atoms in total. The zero-order valence-electron chi connectivity index (χ0n) is 20.6. The minimum Gasteiger partial charge on any atom is -0.376 e. The fourth-order valence-corrected chi connectivity index (χ4v) is 4.31. The van der Waals surface area contributed by atoms with Gasteiger partial charge in [-0.15, -0.1) is 0 Å². The van der Waals surface area contributed by atoms with E-state index < -0.39 is 0 Å². The zero-order chi connectivity index (χ0) is 24.7. The molecule has 1 aliphatic heterocycles. The summed E-state index contributed by atoms with van der Waals surface area (Å²) in [5, 5.41) is 7.95. The lowest BCUT2D eigenvalue weighted by Crippen LogP contribution is -2.41. The largest absolute Gasteiger partial charge is 0.376 e. The topological polar surface area (TPSA) is 76.5 Å². The number of halogens is 1. The Morgan fingerprint density at radius 1 is 1.32 bits per heavy atom. The van der Waals surface area contributed by atoms with E-state index in [0.29, 0.717) is 18.3 Å². The van der Waals surface area contributed by atoms with Gasteiger partial charge in [-0.2, -0.15) is 5.10 Å². The third kappa shape index (κ3) is 6.70. The molecule has 1 fully saturated rings. The van der Waals surface area contributed by atoms with Gasteiger partial charge in [0.25, 0.3) is 0 Å². The van der Waals surface area contributed by atoms with Gasteiger partial charge in [-0.05, 0) is 63.3 Å². The summed E-state index contributed by atoms with van der Waals surface area (Å²) < 4.78 is 7.50. The minimum atomic E-state index is -0.261. The molecule has 34 heavy (non-hydrogen) atoms. The van der Waals surface area contributed by atoms with Crippen molar-refractivity contribution in [2.24, 2.45) is 0 Å². The van der Waals surface area contributed by atoms with Crippen molar-refractivity contribution in [1.29, 1.82) is 0 Å². The lowest BCUT2D eigenvalue weighted by molar-refractivity contribution is -0.131. The molecule has 8 heteroatoms. The van der Waals surface area contributed by atoms with E-state index in [1.807, 2.05) is 39.0 Å². The number of hydrogen-bond donors (Lipinski definition) is 1. The van der Waals surface area contributed by atoms with Gasteiger partial charge in [0.2, 0.25) is 11.8 Å². The maximum absolute atomic E-state index is 13.1. The summed E-state index contributed by atoms with van der Waals surface area (Å²) in [5.74, 6) is -0.501. The van der Waals surface area contributed by atoms with E-state index >= 15 is 0 Å². The van der Waals surface area contributed by atoms with E-state index in [0.717, 1.165) is 60.3 Å². The molecule has 0 saturated carbocycles. The van der Waals surface area contributed by atoms with Crippen LogP contribution in [0.15, 0.2) is 24.3 Å². The second-order valence-corrected chi connectivity index (χ2v) is 9.21. The Labute approximate surface area is 207 Å². The molecular weight excluding hydrogens is 452 g/mol. The average molecular weight is 487 g/mol. The van der Waals surface area contributed by atoms with Crippen LogP contribution in [0.25, 0.3) is 6.08 Å². The van der Waals surface area contributed by atoms with Crippen LogP contribution in [-0.4, -0.2) is 52.3 Å². The second kappa shape index (κ2) is 12.2. The Morgan fingerprint density at radius 3 is 2.82 bits per heavy atom. The molecule has 1 aromatic carbocycles. The highest BCUT2D eigenvalue weighted by Crippen LogP contribution is 2.22. The van der Waals surface area contributed by atoms with E-state index in [1.54, 1.807) is 10.8 Å². The summed E-state index contributed by atoms with van der Waals surface area (Å²) in [6.07, 6.45) is 6.97. The number of amides is 2. The maximum atomic E-state index is 13.1. The fraction of sp³-hybridized carbons (Fsp3) is 0.500. The van der Waals surface area contributed by atoms with Crippen LogP contribution in [0.5, 0.6) is 0 Å². The first-order chi connectivity index (χ1) is 16.3. The smallest absolute Gasteiger partial charge is 0.247 e. The molecule has 1 aromatic heterocycles. The van der Waals surface area contributed by atoms with Gasteiger partial charge in [-0.1, -0.05) is 37.1 Å². The quantitative estimate of drug-likeness (QED) is 0.483. The van der Waals surface area contributed by atoms with Crippen molar-refractivity contribution < 1.29 is 14.3 Å². The molecule has 1 unspecified atom stereocenters. The van der Waals surface area contributed by atoms with Gasteiger partial charge in [0.1, 0.15) is 11.7 Å². The normalized spacial score (nSPS) is 15.7. The van der Waals surface area contributed by atoms with Crippen LogP contribution in [0.1, 0.15) is 55.0 Å². The van der Waals surface area contributed by atoms with Crippen molar-refractivity contribution in [2.45, 2.75) is 66.0 Å². The van der Waals surface area contributed by atoms with Crippen molar-refractivity contribution >= 4 is 35.2 Å². The predicted octanol–water partition coefficient (Wildman–Crippen LogP) is 4.92. The first-order valence-electron chi connectivity index (χ1n) is 12.0. The Hall–Kier alpha value is -2.64. The second-order valence-electron chi connectivity index (χ2n) is 8.85. The Balaban J connectivity index is 1.73. The lowest BCUT2D eigenvalue weighted by Gasteiger charge is -2.24. The van der Waals surface area contributed by atoms with Crippen LogP contribution in [0.4, 0.5) is 5.69 Å². The molecule has 2 amide bonds. The number of rotatable bonds is 10. The van der Waals surface area contributed by atoms with Gasteiger partial charge in [0.15, 0.2) is 0 Å². The van der Waals surface area contributed by atoms with E-state index in [-0.39, 0.29) is 24.5 Å². The van der Waals surface area contributed by atoms with Gasteiger partial charge in [0.05, 0.1) is 11.8 Å². The molecule has 0 spiro atoms. The molecule has 1 aliphatic rings. The highest BCUT2D eigenvalue weighted by molar-refractivity contribution is 6.31. The van der Waals surface area contributed by atoms with Crippen LogP contribution in [0.2, 0.25) is 5.15 Å². The lowest BCUT2D eigenvalue weighted by atomic mass is 10.1. The van der Waals surface area contributed by atoms with E-state index in [1.165, 1.54) is 11.0 Å². The number of aromatic nitrogens is 2. The van der Waals surface area contributed by atoms with Gasteiger partial charge in [0, 0.05) is 37.0 Å². The standard InChI is InChI=1S/C26H35ClN4O3/c1-5-6-14-31-26(27)22(20(4)29-31)12-13-25(33)30(16-21-10-8-15-34-21)17-24(32)28-23-11-7-9-18(2)19(23)3/h7,9,11-13,21H,5-6,8,10,14-17H2,1-4H3,(H,28,32)/b13-12+. The number of hydrogen-bond acceptors (Lipinski definition) is 4. The SMILES string of the molecule is CCCCn1nc(C)c(/C=C/C(=O)N(CC(=O)Nc2cccc(C)c2C)CC2CCCO2)c1Cl. The molecule has 0 aliphatic carbocycles. The van der Waals surface area contributed by atoms with Gasteiger partial charge in [-0.3, -0.25) is 14.3 Å². The number of unbranched alkanes of at least 4 members (excludes halogenated alkanes) is 1. The molecule has 1 saturated heterocycles. The van der Waals surface area contributed by atoms with Gasteiger partial charge in [-0.25, -0.2) is 0 Å². The van der Waals surface area contributed by atoms with E-state index in [9.17, 15) is 9.59 Å². The highest BCUT2D eigenvalue weighted by Gasteiger charge is 2.24. The van der Waals surface area contributed by atoms with Crippen LogP contribution in [-0.2, 0) is 20.9 Å². The summed E-state index contributed by atoms with van der Waals surface area (Å²) in [6, 6.07) is 5.77. The highest BCUT2D eigenvalue weighted by atomic mass is 35.5. The van der Waals surface area contributed by atoms with E-state index in [2.05, 4.69) is 17.3 Å². The van der Waals surface area contributed by atoms with Crippen molar-refractivity contribution in [3.05, 3.63) is 51.8 Å². The van der Waals surface area contributed by atoms with Gasteiger partial charge < -0.3 is 15.0 Å². The number of anilines is 1. The Bertz CT molecular complexity index is 1040. The van der Waals surface area contributed by atoms with Crippen molar-refractivity contribution in [1.82, 2.24) is 14.7 Å². The molecule has 184 valence electrons. The summed E-state index contributed by atoms with van der Waals surface area (Å²) in [4.78, 5) is 27.5. The maximum Gasteiger partial charge on any atom is 0.247 e. The summed E-state index contributed by atoms with van der Waals surface area (Å²) >= 11 is 6.51. The zero-order valence-corrected chi connectivity index (χ0v) is 21.3. The summed E-state index contributed by atoms with van der Waals surface area (Å²) in [7, 11) is 0. The van der Waals surface area contributed by atoms with Crippen molar-refractivity contribution in [3.63, 3.8) is 0 Å². The first kappa shape index (κ1) is 26.0. The molecule has 2 heterocycles. The molecule has 2 aromatic rings. The minimum absolute atomic E-state index is 0.0567. The molecule has 0 bridgehead atoms. The number of ether oxygens (including phenoxy) is 1. The van der Waals surface area contributed by atoms with E-state index in [4.69, 9.17) is 16.3 Å². The van der Waals surface area contributed by atoms with Crippen LogP contribution >= 0.6 is 11.6 Å². The summed E-state index contributed by atoms with van der Waals surface area (Å²) in [6.45, 7) is 9.69. The number of aryl methyl sites for hydroxylation is 3. The molecule has 1 atom stereocenters. The van der Waals surface area contributed by atoms with Crippen LogP contribution in [0.3, 0.4) is 0 Å². The third-order valence-corrected chi connectivity index (χ3v) is 6.60. The average Bonchev–Trinajstić information content (AvgIpc) is 3.41. The Kier molecular flexibility index (Phi) is 9.30. The number of nitrogens with one attached hydrogen (secondary N) is 1. The van der Waals surface area contributed by atoms with Crippen molar-refractivity contribution in [3.8, 4) is 0 Å². The van der Waals surface area contributed by atoms with Crippen molar-refractivity contribution in [2.75, 3.05) is 25.0 Å². The predicted molar refractivity (Wildman–Crippen MR) is 136 cm³/mol. The third-order valence-electron chi connectivity index (χ3n) is 6.20. The molecule has 0 radical (unpaired) electrons. The Morgan fingerprint density at radius 2 is 2.12 bits per heavy atom. The fourth-order valence-electron chi connectivity index (χ4n) is 3.99. The monoisotopic (exact) mass is 486 g/mol. The molecule has 1 N–H and O–H groups in total. The molecule has 3 rings (SSSR count). The number of nitrogens with zero attached hydrogens (tertiary/aromatic N) is 3. The summed E-state index contributed by atoms with van der Waals surface area (Å²) in [5.41, 5.74) is 4.36. The van der Waals surface area contributed by atoms with Gasteiger partial charge >= 0.3 is 0 Å².